The molecule has 0 radical (unpaired) electrons. The number of benzene rings is 1. The molecule has 0 saturated carbocycles. The van der Waals surface area contributed by atoms with Gasteiger partial charge in [-0.25, -0.2) is 4.79 Å². The number of nitrogens with one attached hydrogen (secondary N) is 3. The zero-order valence-electron chi connectivity index (χ0n) is 11.4. The molecule has 0 unspecified atom stereocenters. The zero-order valence-corrected chi connectivity index (χ0v) is 11.4. The Kier molecular flexibility index (Phi) is 4.74. The minimum atomic E-state index is -0.558. The van der Waals surface area contributed by atoms with E-state index in [0.717, 1.165) is 5.75 Å². The maximum Gasteiger partial charge on any atom is 0.319 e. The number of hydrogen-bond acceptors (Lipinski definition) is 3. The van der Waals surface area contributed by atoms with E-state index in [0.29, 0.717) is 12.2 Å². The molecule has 1 aromatic carbocycles. The number of amides is 2. The highest BCUT2D eigenvalue weighted by Crippen LogP contribution is 2.15. The average molecular weight is 264 g/mol. The summed E-state index contributed by atoms with van der Waals surface area (Å²) in [6, 6.07) is 6.67. The van der Waals surface area contributed by atoms with Gasteiger partial charge in [-0.1, -0.05) is 13.8 Å². The fraction of sp³-hybridized carbons (Fsp3) is 0.385. The number of anilines is 1. The molecule has 0 saturated heterocycles. The van der Waals surface area contributed by atoms with Crippen LogP contribution in [0.2, 0.25) is 0 Å². The first-order valence-electron chi connectivity index (χ1n) is 5.88. The number of urea groups is 1. The Labute approximate surface area is 112 Å². The van der Waals surface area contributed by atoms with E-state index in [9.17, 15) is 4.79 Å². The summed E-state index contributed by atoms with van der Waals surface area (Å²) in [7, 11) is 1.58. The molecule has 6 heteroatoms. The molecule has 1 rings (SSSR count). The van der Waals surface area contributed by atoms with Crippen molar-refractivity contribution in [1.82, 2.24) is 5.32 Å². The van der Waals surface area contributed by atoms with E-state index in [1.54, 1.807) is 45.2 Å². The molecule has 0 atom stereocenters. The summed E-state index contributed by atoms with van der Waals surface area (Å²) in [6.45, 7) is 3.89. The van der Waals surface area contributed by atoms with Gasteiger partial charge in [0.25, 0.3) is 0 Å². The second kappa shape index (κ2) is 6.08. The molecule has 0 bridgehead atoms. The van der Waals surface area contributed by atoms with E-state index in [-0.39, 0.29) is 11.9 Å². The molecule has 0 fully saturated rings. The van der Waals surface area contributed by atoms with Crippen LogP contribution in [0.5, 0.6) is 5.75 Å². The first-order chi connectivity index (χ1) is 8.85. The Morgan fingerprint density at radius 3 is 2.42 bits per heavy atom. The minimum absolute atomic E-state index is 0.0391. The topological polar surface area (TPSA) is 100 Å². The van der Waals surface area contributed by atoms with Crippen LogP contribution in [0.15, 0.2) is 24.3 Å². The molecule has 2 amide bonds. The van der Waals surface area contributed by atoms with E-state index in [4.69, 9.17) is 15.9 Å². The van der Waals surface area contributed by atoms with Crippen molar-refractivity contribution in [1.29, 1.82) is 5.41 Å². The Bertz CT molecular complexity index is 454. The summed E-state index contributed by atoms with van der Waals surface area (Å²) < 4.78 is 5.03. The third-order valence-corrected chi connectivity index (χ3v) is 2.77. The lowest BCUT2D eigenvalue weighted by Gasteiger charge is -2.23. The third kappa shape index (κ3) is 4.50. The van der Waals surface area contributed by atoms with Gasteiger partial charge in [0.15, 0.2) is 0 Å². The molecule has 5 N–H and O–H groups in total. The van der Waals surface area contributed by atoms with Gasteiger partial charge >= 0.3 is 6.03 Å². The van der Waals surface area contributed by atoms with Crippen molar-refractivity contribution in [2.75, 3.05) is 19.0 Å². The van der Waals surface area contributed by atoms with Crippen LogP contribution < -0.4 is 21.1 Å². The van der Waals surface area contributed by atoms with Crippen molar-refractivity contribution >= 4 is 17.6 Å². The van der Waals surface area contributed by atoms with Crippen molar-refractivity contribution in [3.05, 3.63) is 24.3 Å². The fourth-order valence-corrected chi connectivity index (χ4v) is 1.25. The highest BCUT2D eigenvalue weighted by molar-refractivity contribution is 5.90. The van der Waals surface area contributed by atoms with Crippen LogP contribution >= 0.6 is 0 Å². The number of nitrogens with two attached hydrogens (primary N) is 1. The minimum Gasteiger partial charge on any atom is -0.497 e. The first kappa shape index (κ1) is 14.8. The highest BCUT2D eigenvalue weighted by atomic mass is 16.5. The van der Waals surface area contributed by atoms with Crippen LogP contribution in [0.4, 0.5) is 10.5 Å². The Morgan fingerprint density at radius 1 is 1.37 bits per heavy atom. The van der Waals surface area contributed by atoms with E-state index >= 15 is 0 Å². The normalized spacial score (nSPS) is 10.7. The first-order valence-corrected chi connectivity index (χ1v) is 5.88. The van der Waals surface area contributed by atoms with Gasteiger partial charge in [0.1, 0.15) is 5.75 Å². The van der Waals surface area contributed by atoms with Crippen LogP contribution in [0.1, 0.15) is 13.8 Å². The van der Waals surface area contributed by atoms with Gasteiger partial charge in [-0.15, -0.1) is 0 Å². The lowest BCUT2D eigenvalue weighted by atomic mass is 9.92. The monoisotopic (exact) mass is 264 g/mol. The predicted molar refractivity (Wildman–Crippen MR) is 75.7 cm³/mol. The van der Waals surface area contributed by atoms with E-state index < -0.39 is 5.41 Å². The number of amidine groups is 1. The zero-order chi connectivity index (χ0) is 14.5. The van der Waals surface area contributed by atoms with Crippen LogP contribution in [0.3, 0.4) is 0 Å². The largest absolute Gasteiger partial charge is 0.497 e. The van der Waals surface area contributed by atoms with Gasteiger partial charge in [0.2, 0.25) is 0 Å². The van der Waals surface area contributed by atoms with E-state index in [2.05, 4.69) is 10.6 Å². The lowest BCUT2D eigenvalue weighted by molar-refractivity contribution is 0.249. The number of carbonyl (C=O) groups excluding carboxylic acids is 1. The van der Waals surface area contributed by atoms with Crippen molar-refractivity contribution in [3.63, 3.8) is 0 Å². The molecule has 0 spiro atoms. The van der Waals surface area contributed by atoms with Crippen molar-refractivity contribution in [2.24, 2.45) is 11.1 Å². The quantitative estimate of drug-likeness (QED) is 0.481. The van der Waals surface area contributed by atoms with Gasteiger partial charge < -0.3 is 21.1 Å². The summed E-state index contributed by atoms with van der Waals surface area (Å²) in [5, 5.41) is 12.8. The van der Waals surface area contributed by atoms with Gasteiger partial charge in [0, 0.05) is 17.6 Å². The Morgan fingerprint density at radius 2 is 1.95 bits per heavy atom. The van der Waals surface area contributed by atoms with Crippen LogP contribution in [-0.2, 0) is 0 Å². The fourth-order valence-electron chi connectivity index (χ4n) is 1.25. The summed E-state index contributed by atoms with van der Waals surface area (Å²) in [4.78, 5) is 11.7. The maximum atomic E-state index is 11.7. The summed E-state index contributed by atoms with van der Waals surface area (Å²) >= 11 is 0. The number of hydrogen-bond donors (Lipinski definition) is 4. The molecule has 0 aliphatic carbocycles. The maximum absolute atomic E-state index is 11.7. The molecule has 0 heterocycles. The van der Waals surface area contributed by atoms with Gasteiger partial charge in [-0.2, -0.15) is 0 Å². The second-order valence-corrected chi connectivity index (χ2v) is 4.83. The second-order valence-electron chi connectivity index (χ2n) is 4.83. The molecule has 19 heavy (non-hydrogen) atoms. The van der Waals surface area contributed by atoms with Gasteiger partial charge in [0.05, 0.1) is 12.9 Å². The van der Waals surface area contributed by atoms with Crippen LogP contribution in [-0.4, -0.2) is 25.5 Å². The molecule has 1 aromatic rings. The highest BCUT2D eigenvalue weighted by Gasteiger charge is 2.22. The third-order valence-electron chi connectivity index (χ3n) is 2.77. The SMILES string of the molecule is COc1ccc(NC(=O)NCC(C)(C)C(=N)N)cc1. The molecular formula is C13H20N4O2. The summed E-state index contributed by atoms with van der Waals surface area (Å²) in [5.74, 6) is 0.765. The van der Waals surface area contributed by atoms with Crippen molar-refractivity contribution < 1.29 is 9.53 Å². The molecule has 6 nitrogen and oxygen atoms in total. The van der Waals surface area contributed by atoms with Crippen LogP contribution in [0, 0.1) is 10.8 Å². The van der Waals surface area contributed by atoms with Crippen molar-refractivity contribution in [3.8, 4) is 5.75 Å². The standard InChI is InChI=1S/C13H20N4O2/c1-13(2,11(14)15)8-16-12(18)17-9-4-6-10(19-3)7-5-9/h4-7H,8H2,1-3H3,(H3,14,15)(H2,16,17,18). The number of carbonyl (C=O) groups is 1. The molecule has 0 aliphatic rings. The number of methoxy groups -OCH3 is 1. The summed E-state index contributed by atoms with van der Waals surface area (Å²) in [5.41, 5.74) is 5.55. The van der Waals surface area contributed by atoms with Gasteiger partial charge in [-0.05, 0) is 24.3 Å². The Balaban J connectivity index is 2.49. The molecular weight excluding hydrogens is 244 g/mol. The Hall–Kier alpha value is -2.24. The molecule has 104 valence electrons. The smallest absolute Gasteiger partial charge is 0.319 e. The summed E-state index contributed by atoms with van der Waals surface area (Å²) in [6.07, 6.45) is 0. The van der Waals surface area contributed by atoms with Crippen molar-refractivity contribution in [2.45, 2.75) is 13.8 Å². The molecule has 0 aliphatic heterocycles. The lowest BCUT2D eigenvalue weighted by Crippen LogP contribution is -2.43. The van der Waals surface area contributed by atoms with Gasteiger partial charge in [-0.3, -0.25) is 5.41 Å². The number of ether oxygens (including phenoxy) is 1. The van der Waals surface area contributed by atoms with E-state index in [1.165, 1.54) is 0 Å². The molecule has 0 aromatic heterocycles. The van der Waals surface area contributed by atoms with Crippen LogP contribution in [0.25, 0.3) is 0 Å². The number of rotatable bonds is 5. The van der Waals surface area contributed by atoms with E-state index in [1.807, 2.05) is 0 Å². The average Bonchev–Trinajstić information content (AvgIpc) is 2.37. The predicted octanol–water partition coefficient (Wildman–Crippen LogP) is 1.78.